The lowest BCUT2D eigenvalue weighted by Gasteiger charge is -2.42. The van der Waals surface area contributed by atoms with Crippen molar-refractivity contribution in [2.45, 2.75) is 181 Å². The summed E-state index contributed by atoms with van der Waals surface area (Å²) in [5.74, 6) is 2.96. The first-order valence-electron chi connectivity index (χ1n) is 21.2. The van der Waals surface area contributed by atoms with Crippen LogP contribution in [0, 0.1) is 27.7 Å². The maximum atomic E-state index is 11.6. The molecule has 0 fully saturated rings. The van der Waals surface area contributed by atoms with Gasteiger partial charge in [0.1, 0.15) is 45.4 Å². The summed E-state index contributed by atoms with van der Waals surface area (Å²) in [4.78, 5) is 36.5. The number of hydrogen-bond acceptors (Lipinski definition) is 11. The van der Waals surface area contributed by atoms with Crippen LogP contribution >= 0.6 is 0 Å². The monoisotopic (exact) mass is 812 g/mol. The van der Waals surface area contributed by atoms with Crippen molar-refractivity contribution in [3.8, 4) is 23.0 Å². The van der Waals surface area contributed by atoms with Gasteiger partial charge >= 0.3 is 11.9 Å². The lowest BCUT2D eigenvalue weighted by molar-refractivity contribution is -0.273. The third-order valence-corrected chi connectivity index (χ3v) is 13.3. The van der Waals surface area contributed by atoms with Crippen molar-refractivity contribution in [2.24, 2.45) is 0 Å². The largest absolute Gasteiger partial charge is 0.487 e. The van der Waals surface area contributed by atoms with Crippen LogP contribution in [0.2, 0.25) is 0 Å². The number of hydrogen-bond donors (Lipinski definition) is 2. The number of esters is 1. The number of methoxy groups -OCH3 is 1. The van der Waals surface area contributed by atoms with Gasteiger partial charge in [-0.15, -0.1) is 0 Å². The molecule has 4 unspecified atom stereocenters. The fourth-order valence-electron chi connectivity index (χ4n) is 9.14. The standard InChI is InChI=1S/C24H36O6.C22H32O6/c1-16-17(2)22-19(9-13-24(4,30-22)14-10-20(25)26-5)18-8-12-23(3,29-21(16)18)11-7-15-28-27-6;1-14-15(2)20-17(7-11-22(4,28-20)12-8-18(23)24)16-6-10-21(3,27-19(14)16)9-5-13-26-25/h7-15H2,1-6H3;25H,5-13H2,1-4H3,(H,23,24). The highest BCUT2D eigenvalue weighted by atomic mass is 17.2. The summed E-state index contributed by atoms with van der Waals surface area (Å²) in [6.45, 7) is 17.7. The average Bonchev–Trinajstić information content (AvgIpc) is 3.19. The summed E-state index contributed by atoms with van der Waals surface area (Å²) in [5.41, 5.74) is 8.28. The Kier molecular flexibility index (Phi) is 14.7. The van der Waals surface area contributed by atoms with Crippen molar-refractivity contribution in [1.82, 2.24) is 0 Å². The second kappa shape index (κ2) is 18.8. The van der Waals surface area contributed by atoms with Crippen molar-refractivity contribution in [3.05, 3.63) is 44.5 Å². The highest BCUT2D eigenvalue weighted by molar-refractivity contribution is 5.69. The summed E-state index contributed by atoms with van der Waals surface area (Å²) in [6, 6.07) is 0. The molecule has 4 heterocycles. The molecule has 4 aliphatic heterocycles. The zero-order valence-electron chi connectivity index (χ0n) is 36.7. The second-order valence-corrected chi connectivity index (χ2v) is 17.9. The predicted molar refractivity (Wildman–Crippen MR) is 219 cm³/mol. The Hall–Kier alpha value is -3.58. The van der Waals surface area contributed by atoms with Crippen LogP contribution in [-0.4, -0.2) is 72.1 Å². The van der Waals surface area contributed by atoms with Crippen LogP contribution in [0.1, 0.15) is 149 Å². The summed E-state index contributed by atoms with van der Waals surface area (Å²) in [6.07, 6.45) is 12.4. The van der Waals surface area contributed by atoms with Crippen LogP contribution in [0.5, 0.6) is 23.0 Å². The highest BCUT2D eigenvalue weighted by Gasteiger charge is 2.41. The topological polar surface area (TPSA) is 148 Å². The molecule has 2 aromatic rings. The average molecular weight is 813 g/mol. The quantitative estimate of drug-likeness (QED) is 0.0764. The Morgan fingerprint density at radius 3 is 1.24 bits per heavy atom. The van der Waals surface area contributed by atoms with Gasteiger partial charge in [0.25, 0.3) is 0 Å². The van der Waals surface area contributed by atoms with Crippen molar-refractivity contribution < 1.29 is 58.3 Å². The van der Waals surface area contributed by atoms with Crippen LogP contribution in [0.4, 0.5) is 0 Å². The number of carbonyl (C=O) groups is 2. The van der Waals surface area contributed by atoms with Crippen LogP contribution in [0.25, 0.3) is 0 Å². The molecule has 0 radical (unpaired) electrons. The highest BCUT2D eigenvalue weighted by Crippen LogP contribution is 2.51. The Morgan fingerprint density at radius 2 is 0.914 bits per heavy atom. The third kappa shape index (κ3) is 10.4. The van der Waals surface area contributed by atoms with E-state index < -0.39 is 11.6 Å². The Morgan fingerprint density at radius 1 is 0.569 bits per heavy atom. The van der Waals surface area contributed by atoms with E-state index in [2.05, 4.69) is 53.4 Å². The summed E-state index contributed by atoms with van der Waals surface area (Å²) in [7, 11) is 2.96. The fraction of sp³-hybridized carbons (Fsp3) is 0.696. The van der Waals surface area contributed by atoms with E-state index in [1.165, 1.54) is 36.5 Å². The van der Waals surface area contributed by atoms with Crippen molar-refractivity contribution in [3.63, 3.8) is 0 Å². The van der Waals surface area contributed by atoms with E-state index in [1.807, 2.05) is 6.92 Å². The number of ether oxygens (including phenoxy) is 5. The number of carboxylic acid groups (broad SMARTS) is 1. The molecular formula is C46H68O12. The molecule has 4 aliphatic rings. The summed E-state index contributed by atoms with van der Waals surface area (Å²) < 4.78 is 30.9. The molecular weight excluding hydrogens is 744 g/mol. The summed E-state index contributed by atoms with van der Waals surface area (Å²) in [5, 5.41) is 17.6. The minimum absolute atomic E-state index is 0.119. The van der Waals surface area contributed by atoms with Gasteiger partial charge in [0.05, 0.1) is 27.4 Å². The predicted octanol–water partition coefficient (Wildman–Crippen LogP) is 9.39. The smallest absolute Gasteiger partial charge is 0.305 e. The van der Waals surface area contributed by atoms with E-state index in [0.29, 0.717) is 32.5 Å². The Balaban J connectivity index is 0.000000221. The van der Waals surface area contributed by atoms with E-state index in [1.54, 1.807) is 0 Å². The lowest BCUT2D eigenvalue weighted by atomic mass is 9.80. The minimum atomic E-state index is -0.784. The first-order chi connectivity index (χ1) is 27.4. The number of carboxylic acids is 1. The van der Waals surface area contributed by atoms with Gasteiger partial charge in [-0.2, -0.15) is 0 Å². The zero-order chi connectivity index (χ0) is 42.5. The number of aliphatic carboxylic acids is 1. The molecule has 0 bridgehead atoms. The maximum absolute atomic E-state index is 11.6. The van der Waals surface area contributed by atoms with Gasteiger partial charge in [0, 0.05) is 35.1 Å². The van der Waals surface area contributed by atoms with Gasteiger partial charge in [-0.05, 0) is 168 Å². The molecule has 12 nitrogen and oxygen atoms in total. The van der Waals surface area contributed by atoms with Crippen LogP contribution in [-0.2, 0) is 54.7 Å². The van der Waals surface area contributed by atoms with Crippen molar-refractivity contribution >= 4 is 11.9 Å². The minimum Gasteiger partial charge on any atom is -0.487 e. The van der Waals surface area contributed by atoms with Gasteiger partial charge in [-0.25, -0.2) is 14.7 Å². The van der Waals surface area contributed by atoms with E-state index in [4.69, 9.17) is 43.8 Å². The molecule has 0 saturated carbocycles. The SMILES string of the molecule is COOCCCC1(C)CCc2c3c(c(C)c(C)c2O1)OC(C)(CCC(=O)OC)CC3.Cc1c(C)c2c(c3c1OC(C)(CCCOO)CC3)CCC(C)(CCC(=O)O)O2. The number of rotatable bonds is 15. The molecule has 0 aromatic heterocycles. The van der Waals surface area contributed by atoms with E-state index in [9.17, 15) is 9.59 Å². The molecule has 58 heavy (non-hydrogen) atoms. The first kappa shape index (κ1) is 45.5. The first-order valence-corrected chi connectivity index (χ1v) is 21.2. The van der Waals surface area contributed by atoms with Crippen LogP contribution in [0.15, 0.2) is 0 Å². The van der Waals surface area contributed by atoms with E-state index >= 15 is 0 Å². The fourth-order valence-corrected chi connectivity index (χ4v) is 9.14. The number of carbonyl (C=O) groups excluding carboxylic acids is 1. The Labute approximate surface area is 345 Å². The second-order valence-electron chi connectivity index (χ2n) is 17.9. The molecule has 6 rings (SSSR count). The van der Waals surface area contributed by atoms with E-state index in [-0.39, 0.29) is 29.2 Å². The zero-order valence-corrected chi connectivity index (χ0v) is 36.7. The van der Waals surface area contributed by atoms with Crippen molar-refractivity contribution in [1.29, 1.82) is 0 Å². The molecule has 324 valence electrons. The van der Waals surface area contributed by atoms with Gasteiger partial charge in [-0.1, -0.05) is 0 Å². The molecule has 0 spiro atoms. The van der Waals surface area contributed by atoms with Crippen molar-refractivity contribution in [2.75, 3.05) is 27.4 Å². The maximum Gasteiger partial charge on any atom is 0.305 e. The normalized spacial score (nSPS) is 25.5. The van der Waals surface area contributed by atoms with Crippen LogP contribution in [0.3, 0.4) is 0 Å². The molecule has 12 heteroatoms. The molecule has 0 aliphatic carbocycles. The summed E-state index contributed by atoms with van der Waals surface area (Å²) >= 11 is 0. The van der Waals surface area contributed by atoms with Crippen LogP contribution < -0.4 is 18.9 Å². The van der Waals surface area contributed by atoms with E-state index in [0.717, 1.165) is 122 Å². The molecule has 2 aromatic carbocycles. The van der Waals surface area contributed by atoms with Gasteiger partial charge in [-0.3, -0.25) is 14.8 Å². The van der Waals surface area contributed by atoms with Gasteiger partial charge < -0.3 is 28.8 Å². The lowest BCUT2D eigenvalue weighted by Crippen LogP contribution is -2.40. The number of benzene rings is 2. The van der Waals surface area contributed by atoms with Gasteiger partial charge in [0.15, 0.2) is 0 Å². The Bertz CT molecular complexity index is 1810. The molecule has 0 amide bonds. The van der Waals surface area contributed by atoms with Gasteiger partial charge in [0.2, 0.25) is 0 Å². The molecule has 0 saturated heterocycles. The third-order valence-electron chi connectivity index (χ3n) is 13.3. The number of fused-ring (bicyclic) bond motifs is 6. The molecule has 2 N–H and O–H groups in total. The molecule has 4 atom stereocenters.